The first-order chi connectivity index (χ1) is 12.2. The molecule has 0 spiro atoms. The van der Waals surface area contributed by atoms with E-state index in [2.05, 4.69) is 10.5 Å². The molecular weight excluding hydrogens is 356 g/mol. The lowest BCUT2D eigenvalue weighted by atomic mass is 9.95. The maximum atomic E-state index is 12.9. The quantitative estimate of drug-likeness (QED) is 0.697. The highest BCUT2D eigenvalue weighted by Crippen LogP contribution is 2.24. The molecular formula is C17H29N4O4S+. The van der Waals surface area contributed by atoms with Crippen LogP contribution in [0.5, 0.6) is 0 Å². The highest BCUT2D eigenvalue weighted by molar-refractivity contribution is 7.89. The maximum Gasteiger partial charge on any atom is 0.249 e. The van der Waals surface area contributed by atoms with Crippen LogP contribution in [0, 0.1) is 6.92 Å². The molecule has 1 aromatic heterocycles. The molecule has 1 fully saturated rings. The Balaban J connectivity index is 2.11. The second kappa shape index (κ2) is 8.79. The lowest BCUT2D eigenvalue weighted by Gasteiger charge is -2.24. The molecule has 146 valence electrons. The number of nitrogens with one attached hydrogen (secondary N) is 2. The molecule has 1 heterocycles. The molecule has 1 aliphatic carbocycles. The summed E-state index contributed by atoms with van der Waals surface area (Å²) < 4.78 is 32.0. The minimum absolute atomic E-state index is 0.00275. The Bertz CT molecular complexity index is 749. The summed E-state index contributed by atoms with van der Waals surface area (Å²) in [5, 5.41) is 6.71. The van der Waals surface area contributed by atoms with Gasteiger partial charge in [0, 0.05) is 19.2 Å². The number of carbonyl (C=O) groups is 1. The standard InChI is InChI=1S/C17H28N4O4S/c1-13-17(15(25-19-13)10-11-20(2)3)26(23,24)21(4)12-16(22)18-14-8-6-5-7-9-14/h10-11,14H,5-9,12H2,1-4H3,(H,18,22)/p+1. The zero-order valence-electron chi connectivity index (χ0n) is 15.9. The molecule has 1 saturated carbocycles. The van der Waals surface area contributed by atoms with E-state index in [0.29, 0.717) is 0 Å². The average Bonchev–Trinajstić information content (AvgIpc) is 2.95. The second-order valence-electron chi connectivity index (χ2n) is 7.04. The number of hydrogen-bond acceptors (Lipinski definition) is 5. The average molecular weight is 386 g/mol. The van der Waals surface area contributed by atoms with Crippen molar-refractivity contribution < 1.29 is 22.6 Å². The molecule has 0 aliphatic heterocycles. The second-order valence-corrected chi connectivity index (χ2v) is 9.02. The van der Waals surface area contributed by atoms with E-state index >= 15 is 0 Å². The SMILES string of the molecule is Cc1noc(C=C[NH+](C)C)c1S(=O)(=O)N(C)CC(=O)NC1CCCCC1. The Morgan fingerprint density at radius 3 is 2.62 bits per heavy atom. The molecule has 0 radical (unpaired) electrons. The van der Waals surface area contributed by atoms with Crippen molar-refractivity contribution in [3.63, 3.8) is 0 Å². The van der Waals surface area contributed by atoms with E-state index in [0.717, 1.165) is 34.9 Å². The van der Waals surface area contributed by atoms with E-state index in [4.69, 9.17) is 4.52 Å². The van der Waals surface area contributed by atoms with Gasteiger partial charge in [0.15, 0.2) is 10.7 Å². The molecule has 0 atom stereocenters. The van der Waals surface area contributed by atoms with Crippen molar-refractivity contribution in [2.45, 2.75) is 50.0 Å². The number of rotatable bonds is 7. The van der Waals surface area contributed by atoms with Crippen LogP contribution in [0.1, 0.15) is 43.6 Å². The smallest absolute Gasteiger partial charge is 0.249 e. The van der Waals surface area contributed by atoms with Gasteiger partial charge in [-0.15, -0.1) is 0 Å². The zero-order chi connectivity index (χ0) is 19.3. The Morgan fingerprint density at radius 2 is 2.00 bits per heavy atom. The Hall–Kier alpha value is -1.71. The van der Waals surface area contributed by atoms with Crippen LogP contribution >= 0.6 is 0 Å². The van der Waals surface area contributed by atoms with Gasteiger partial charge in [-0.3, -0.25) is 4.79 Å². The van der Waals surface area contributed by atoms with Crippen LogP contribution in [0.2, 0.25) is 0 Å². The molecule has 0 aromatic carbocycles. The fraction of sp³-hybridized carbons (Fsp3) is 0.647. The molecule has 1 aliphatic rings. The third-order valence-corrected chi connectivity index (χ3v) is 6.37. The van der Waals surface area contributed by atoms with E-state index < -0.39 is 10.0 Å². The zero-order valence-corrected chi connectivity index (χ0v) is 16.7. The van der Waals surface area contributed by atoms with Gasteiger partial charge in [0.25, 0.3) is 0 Å². The van der Waals surface area contributed by atoms with Gasteiger partial charge in [-0.1, -0.05) is 24.4 Å². The molecule has 0 bridgehead atoms. The number of aromatic nitrogens is 1. The number of sulfonamides is 1. The van der Waals surface area contributed by atoms with Crippen molar-refractivity contribution in [1.82, 2.24) is 14.8 Å². The van der Waals surface area contributed by atoms with Crippen molar-refractivity contribution in [3.8, 4) is 0 Å². The van der Waals surface area contributed by atoms with Crippen LogP contribution < -0.4 is 10.2 Å². The van der Waals surface area contributed by atoms with E-state index in [9.17, 15) is 13.2 Å². The van der Waals surface area contributed by atoms with Gasteiger partial charge in [0.05, 0.1) is 26.8 Å². The van der Waals surface area contributed by atoms with Gasteiger partial charge in [-0.2, -0.15) is 4.31 Å². The van der Waals surface area contributed by atoms with Crippen molar-refractivity contribution in [1.29, 1.82) is 0 Å². The van der Waals surface area contributed by atoms with E-state index in [1.165, 1.54) is 13.5 Å². The van der Waals surface area contributed by atoms with Gasteiger partial charge in [-0.25, -0.2) is 8.42 Å². The van der Waals surface area contributed by atoms with Crippen LogP contribution in [-0.4, -0.2) is 57.5 Å². The summed E-state index contributed by atoms with van der Waals surface area (Å²) in [7, 11) is 1.31. The highest BCUT2D eigenvalue weighted by atomic mass is 32.2. The predicted molar refractivity (Wildman–Crippen MR) is 97.9 cm³/mol. The summed E-state index contributed by atoms with van der Waals surface area (Å²) in [5.41, 5.74) is 0.276. The Morgan fingerprint density at radius 1 is 1.35 bits per heavy atom. The van der Waals surface area contributed by atoms with Gasteiger partial charge < -0.3 is 14.7 Å². The first-order valence-corrected chi connectivity index (χ1v) is 10.4. The number of carbonyl (C=O) groups excluding carboxylic acids is 1. The maximum absolute atomic E-state index is 12.9. The van der Waals surface area contributed by atoms with Gasteiger partial charge >= 0.3 is 0 Å². The van der Waals surface area contributed by atoms with Gasteiger partial charge in [0.2, 0.25) is 15.9 Å². The minimum Gasteiger partial charge on any atom is -0.355 e. The largest absolute Gasteiger partial charge is 0.355 e. The summed E-state index contributed by atoms with van der Waals surface area (Å²) in [4.78, 5) is 13.3. The molecule has 26 heavy (non-hydrogen) atoms. The normalized spacial score (nSPS) is 16.7. The molecule has 2 N–H and O–H groups in total. The van der Waals surface area contributed by atoms with Crippen LogP contribution in [0.3, 0.4) is 0 Å². The van der Waals surface area contributed by atoms with E-state index in [1.54, 1.807) is 19.2 Å². The number of hydrogen-bond donors (Lipinski definition) is 2. The fourth-order valence-electron chi connectivity index (χ4n) is 3.00. The minimum atomic E-state index is -3.89. The molecule has 1 aromatic rings. The first kappa shape index (κ1) is 20.6. The summed E-state index contributed by atoms with van der Waals surface area (Å²) in [5.74, 6) is -0.116. The van der Waals surface area contributed by atoms with Crippen molar-refractivity contribution >= 4 is 22.0 Å². The topological polar surface area (TPSA) is 97.0 Å². The molecule has 9 heteroatoms. The summed E-state index contributed by atoms with van der Waals surface area (Å²) in [6, 6.07) is 0.145. The molecule has 8 nitrogen and oxygen atoms in total. The molecule has 0 saturated heterocycles. The number of quaternary nitrogens is 1. The van der Waals surface area contributed by atoms with Crippen molar-refractivity contribution in [3.05, 3.63) is 17.7 Å². The third-order valence-electron chi connectivity index (χ3n) is 4.41. The lowest BCUT2D eigenvalue weighted by molar-refractivity contribution is -0.800. The first-order valence-electron chi connectivity index (χ1n) is 8.92. The molecule has 2 rings (SSSR count). The number of aryl methyl sites for hydroxylation is 1. The fourth-order valence-corrected chi connectivity index (χ4v) is 4.37. The van der Waals surface area contributed by atoms with Crippen molar-refractivity contribution in [2.24, 2.45) is 0 Å². The Kier molecular flexibility index (Phi) is 6.96. The predicted octanol–water partition coefficient (Wildman–Crippen LogP) is 0.168. The number of amides is 1. The number of nitrogens with zero attached hydrogens (tertiary/aromatic N) is 2. The van der Waals surface area contributed by atoms with Crippen LogP contribution in [0.25, 0.3) is 6.08 Å². The highest BCUT2D eigenvalue weighted by Gasteiger charge is 2.31. The summed E-state index contributed by atoms with van der Waals surface area (Å²) in [6.07, 6.45) is 8.64. The van der Waals surface area contributed by atoms with Gasteiger partial charge in [0.1, 0.15) is 5.69 Å². The lowest BCUT2D eigenvalue weighted by Crippen LogP contribution is -3.00. The van der Waals surface area contributed by atoms with E-state index in [1.807, 2.05) is 14.1 Å². The number of likely N-dealkylation sites (N-methyl/N-ethyl adjacent to an activating group) is 1. The molecule has 1 amide bonds. The monoisotopic (exact) mass is 385 g/mol. The summed E-state index contributed by atoms with van der Waals surface area (Å²) >= 11 is 0. The summed E-state index contributed by atoms with van der Waals surface area (Å²) in [6.45, 7) is 1.34. The third kappa shape index (κ3) is 5.15. The molecule has 0 unspecified atom stereocenters. The van der Waals surface area contributed by atoms with E-state index in [-0.39, 0.29) is 34.8 Å². The van der Waals surface area contributed by atoms with Crippen LogP contribution in [-0.2, 0) is 14.8 Å². The van der Waals surface area contributed by atoms with Crippen molar-refractivity contribution in [2.75, 3.05) is 27.7 Å². The Labute approximate surface area is 155 Å². The van der Waals surface area contributed by atoms with Crippen LogP contribution in [0.15, 0.2) is 15.6 Å². The van der Waals surface area contributed by atoms with Gasteiger partial charge in [-0.05, 0) is 19.8 Å². The van der Waals surface area contributed by atoms with Crippen LogP contribution in [0.4, 0.5) is 0 Å².